The van der Waals surface area contributed by atoms with Crippen LogP contribution in [0.5, 0.6) is 0 Å². The van der Waals surface area contributed by atoms with Crippen molar-refractivity contribution in [2.24, 2.45) is 5.73 Å². The van der Waals surface area contributed by atoms with Gasteiger partial charge in [0, 0.05) is 70.7 Å². The van der Waals surface area contributed by atoms with Gasteiger partial charge in [-0.15, -0.1) is 17.8 Å². The van der Waals surface area contributed by atoms with Gasteiger partial charge in [-0.25, -0.2) is 19.2 Å². The van der Waals surface area contributed by atoms with Crippen LogP contribution < -0.4 is 26.8 Å². The molecule has 248 valence electrons. The lowest BCUT2D eigenvalue weighted by molar-refractivity contribution is 0.243. The van der Waals surface area contributed by atoms with Crippen molar-refractivity contribution in [3.8, 4) is 0 Å². The van der Waals surface area contributed by atoms with Gasteiger partial charge in [-0.1, -0.05) is 8.27 Å². The van der Waals surface area contributed by atoms with Crippen molar-refractivity contribution < 1.29 is 19.2 Å². The SMILES string of the molecule is CN.CNC(=O)n1cccc1.CNC(=O)n1cccc1.O=C(n1cccc1)n1cccc1.[B]C(P)PC.[B]P(NC(=O)NC)PC. The van der Waals surface area contributed by atoms with E-state index in [4.69, 9.17) is 15.4 Å². The van der Waals surface area contributed by atoms with Crippen LogP contribution in [0.2, 0.25) is 0 Å². The summed E-state index contributed by atoms with van der Waals surface area (Å²) in [6.07, 6.45) is 13.7. The Kier molecular flexibility index (Phi) is 28.6. The minimum atomic E-state index is -0.758. The zero-order chi connectivity index (χ0) is 35.3. The molecule has 6 N–H and O–H groups in total. The minimum absolute atomic E-state index is 0.0648. The summed E-state index contributed by atoms with van der Waals surface area (Å²) < 4.78 is 6.00. The maximum atomic E-state index is 11.5. The monoisotopic (exact) mass is 705 g/mol. The van der Waals surface area contributed by atoms with Gasteiger partial charge in [0.15, 0.2) is 0 Å². The molecule has 0 spiro atoms. The fourth-order valence-electron chi connectivity index (χ4n) is 2.48. The zero-order valence-electron chi connectivity index (χ0n) is 27.0. The van der Waals surface area contributed by atoms with Gasteiger partial charge in [-0.05, 0) is 81.8 Å². The molecule has 0 bridgehead atoms. The Morgan fingerprint density at radius 1 is 0.674 bits per heavy atom. The summed E-state index contributed by atoms with van der Waals surface area (Å²) in [7, 11) is 20.2. The molecule has 0 fully saturated rings. The smallest absolute Gasteiger partial charge is 0.336 e. The number of carbonyl (C=O) groups is 4. The molecule has 0 aliphatic carbocycles. The molecule has 46 heavy (non-hydrogen) atoms. The van der Waals surface area contributed by atoms with E-state index in [2.05, 4.69) is 42.7 Å². The summed E-state index contributed by atoms with van der Waals surface area (Å²) in [5.74, 6) is 0. The van der Waals surface area contributed by atoms with Crippen LogP contribution in [0.1, 0.15) is 0 Å². The number of aromatic nitrogens is 4. The molecule has 4 heterocycles. The van der Waals surface area contributed by atoms with Crippen molar-refractivity contribution in [1.29, 1.82) is 0 Å². The van der Waals surface area contributed by atoms with Gasteiger partial charge in [-0.2, -0.15) is 0 Å². The summed E-state index contributed by atoms with van der Waals surface area (Å²) in [6, 6.07) is 14.0. The van der Waals surface area contributed by atoms with Crippen LogP contribution in [-0.4, -0.2) is 105 Å². The van der Waals surface area contributed by atoms with Gasteiger partial charge in [0.05, 0.1) is 7.85 Å². The van der Waals surface area contributed by atoms with E-state index in [0.717, 1.165) is 8.58 Å². The molecule has 5 atom stereocenters. The average molecular weight is 705 g/mol. The number of nitrogens with two attached hydrogens (primary N) is 1. The number of hydrogen-bond acceptors (Lipinski definition) is 5. The third-order valence-corrected chi connectivity index (χ3v) is 9.15. The largest absolute Gasteiger partial charge is 0.341 e. The summed E-state index contributed by atoms with van der Waals surface area (Å²) in [5.41, 5.74) is 4.50. The molecule has 19 heteroatoms. The van der Waals surface area contributed by atoms with Crippen LogP contribution in [0.3, 0.4) is 0 Å². The topological polar surface area (TPSA) is 162 Å². The van der Waals surface area contributed by atoms with Gasteiger partial charge in [0.25, 0.3) is 0 Å². The quantitative estimate of drug-likeness (QED) is 0.161. The van der Waals surface area contributed by atoms with E-state index in [1.165, 1.54) is 25.3 Å². The molecule has 0 aliphatic rings. The van der Waals surface area contributed by atoms with Gasteiger partial charge in [0.2, 0.25) is 0 Å². The molecule has 4 rings (SSSR count). The Hall–Kier alpha value is -3.19. The van der Waals surface area contributed by atoms with E-state index >= 15 is 0 Å². The van der Waals surface area contributed by atoms with Crippen LogP contribution in [0, 0.1) is 0 Å². The predicted molar refractivity (Wildman–Crippen MR) is 202 cm³/mol. The number of nitrogens with one attached hydrogen (secondary N) is 4. The fourth-order valence-corrected chi connectivity index (χ4v) is 3.56. The highest BCUT2D eigenvalue weighted by atomic mass is 32.1. The second-order valence-electron chi connectivity index (χ2n) is 7.85. The van der Waals surface area contributed by atoms with E-state index in [-0.39, 0.29) is 24.1 Å². The molecule has 4 aromatic heterocycles. The number of nitrogens with zero attached hydrogens (tertiary/aromatic N) is 4. The lowest BCUT2D eigenvalue weighted by Crippen LogP contribution is -2.28. The van der Waals surface area contributed by atoms with E-state index < -0.39 is 7.64 Å². The standard InChI is InChI=1S/C9H8N2O.2C6H8N2O.C3H9BN2OP2.C2H7BP2.CH5N/c12-9(10-5-1-2-6-10)11-7-3-4-8-11;2*1-7-6(9)8-4-2-3-5-8;1-5-3(7)6-9(4)8-2;1-5-2(3)4;1-2/h1-8H;2*2-5H,1H3,(H,7,9);8H,1-2H3,(H2,5,6,7);2,5H,4H2,1H3;2H2,1H3. The average Bonchev–Trinajstić information content (AvgIpc) is 3.93. The second-order valence-corrected chi connectivity index (χ2v) is 14.7. The van der Waals surface area contributed by atoms with Crippen molar-refractivity contribution in [1.82, 2.24) is 39.3 Å². The van der Waals surface area contributed by atoms with Crippen LogP contribution in [0.25, 0.3) is 0 Å². The van der Waals surface area contributed by atoms with Crippen molar-refractivity contribution in [3.63, 3.8) is 0 Å². The molecule has 4 aromatic rings. The first kappa shape index (κ1) is 44.9. The molecule has 4 radical (unpaired) electrons. The van der Waals surface area contributed by atoms with Crippen molar-refractivity contribution in [3.05, 3.63) is 98.1 Å². The van der Waals surface area contributed by atoms with Gasteiger partial charge < -0.3 is 26.8 Å². The number of carbonyl (C=O) groups excluding carboxylic acids is 4. The lowest BCUT2D eigenvalue weighted by atomic mass is 10.2. The molecular formula is C27H45B2N9O4P4. The predicted octanol–water partition coefficient (Wildman–Crippen LogP) is 3.97. The molecular weight excluding hydrogens is 660 g/mol. The van der Waals surface area contributed by atoms with Gasteiger partial charge >= 0.3 is 24.1 Å². The molecule has 0 aliphatic heterocycles. The Labute approximate surface area is 281 Å². The van der Waals surface area contributed by atoms with Crippen LogP contribution >= 0.6 is 33.7 Å². The Bertz CT molecular complexity index is 1210. The van der Waals surface area contributed by atoms with E-state index in [9.17, 15) is 19.2 Å². The molecule has 0 saturated carbocycles. The summed E-state index contributed by atoms with van der Waals surface area (Å²) >= 11 is 0. The Morgan fingerprint density at radius 3 is 1.17 bits per heavy atom. The Morgan fingerprint density at radius 2 is 0.957 bits per heavy atom. The highest BCUT2D eigenvalue weighted by Gasteiger charge is 2.02. The van der Waals surface area contributed by atoms with Gasteiger partial charge in [0.1, 0.15) is 7.57 Å². The lowest BCUT2D eigenvalue weighted by Gasteiger charge is -2.10. The third-order valence-electron chi connectivity index (χ3n) is 4.78. The number of amides is 4. The van der Waals surface area contributed by atoms with Crippen molar-refractivity contribution in [2.45, 2.75) is 5.30 Å². The maximum absolute atomic E-state index is 11.5. The minimum Gasteiger partial charge on any atom is -0.341 e. The molecule has 5 unspecified atom stereocenters. The van der Waals surface area contributed by atoms with E-state index in [0.29, 0.717) is 13.6 Å². The fraction of sp³-hybridized carbons (Fsp3) is 0.259. The number of hydrogen-bond donors (Lipinski definition) is 5. The van der Waals surface area contributed by atoms with Gasteiger partial charge in [-0.3, -0.25) is 18.3 Å². The number of urea groups is 1. The summed E-state index contributed by atoms with van der Waals surface area (Å²) in [5, 5.41) is 10.3. The summed E-state index contributed by atoms with van der Waals surface area (Å²) in [4.78, 5) is 43.4. The van der Waals surface area contributed by atoms with Crippen molar-refractivity contribution >= 4 is 73.3 Å². The van der Waals surface area contributed by atoms with Crippen molar-refractivity contribution in [2.75, 3.05) is 41.5 Å². The second kappa shape index (κ2) is 29.2. The first-order valence-corrected chi connectivity index (χ1v) is 19.5. The van der Waals surface area contributed by atoms with Crippen LogP contribution in [0.4, 0.5) is 19.2 Å². The number of rotatable bonds is 3. The molecule has 0 saturated heterocycles. The summed E-state index contributed by atoms with van der Waals surface area (Å²) in [6.45, 7) is 4.04. The molecule has 4 amide bonds. The van der Waals surface area contributed by atoms with E-state index in [1.807, 2.05) is 30.9 Å². The molecule has 0 aromatic carbocycles. The maximum Gasteiger partial charge on any atom is 0.336 e. The van der Waals surface area contributed by atoms with Crippen LogP contribution in [0.15, 0.2) is 98.1 Å². The van der Waals surface area contributed by atoms with Crippen LogP contribution in [-0.2, 0) is 0 Å². The highest BCUT2D eigenvalue weighted by Crippen LogP contribution is 2.43. The first-order chi connectivity index (χ1) is 22.0. The molecule has 13 nitrogen and oxygen atoms in total. The first-order valence-electron chi connectivity index (χ1n) is 13.5. The normalized spacial score (nSPS) is 10.8. The van der Waals surface area contributed by atoms with E-state index in [1.54, 1.807) is 95.0 Å². The zero-order valence-corrected chi connectivity index (χ0v) is 31.0. The highest BCUT2D eigenvalue weighted by molar-refractivity contribution is 8.31. The third kappa shape index (κ3) is 21.5. The Balaban J connectivity index is 0.